The molecule has 0 unspecified atom stereocenters. The molecule has 1 rings (SSSR count). The Morgan fingerprint density at radius 1 is 1.46 bits per heavy atom. The summed E-state index contributed by atoms with van der Waals surface area (Å²) in [6.07, 6.45) is 1.22. The minimum atomic E-state index is -0.254. The van der Waals surface area contributed by atoms with Crippen LogP contribution in [0.3, 0.4) is 0 Å². The fraction of sp³-hybridized carbons (Fsp3) is 0.500. The number of thiophene rings is 1. The van der Waals surface area contributed by atoms with Crippen molar-refractivity contribution < 1.29 is 4.79 Å². The zero-order chi connectivity index (χ0) is 10.3. The van der Waals surface area contributed by atoms with E-state index in [1.54, 1.807) is 11.3 Å². The molecule has 3 heteroatoms. The molecule has 0 aromatic carbocycles. The molecule has 0 aliphatic rings. The first-order valence-electron chi connectivity index (χ1n) is 4.40. The van der Waals surface area contributed by atoms with Crippen LogP contribution in [-0.4, -0.2) is 5.24 Å². The highest BCUT2D eigenvalue weighted by molar-refractivity contribution is 7.08. The largest absolute Gasteiger partial charge is 0.281 e. The molecule has 13 heavy (non-hydrogen) atoms. The predicted molar refractivity (Wildman–Crippen MR) is 59.6 cm³/mol. The Kier molecular flexibility index (Phi) is 6.92. The van der Waals surface area contributed by atoms with Crippen molar-refractivity contribution in [1.29, 1.82) is 0 Å². The molecule has 1 nitrogen and oxygen atoms in total. The zero-order valence-electron chi connectivity index (χ0n) is 8.26. The van der Waals surface area contributed by atoms with Crippen molar-refractivity contribution in [3.63, 3.8) is 0 Å². The first-order chi connectivity index (χ1) is 6.20. The smallest absolute Gasteiger partial charge is 0.221 e. The molecule has 0 fully saturated rings. The van der Waals surface area contributed by atoms with Crippen LogP contribution in [0.4, 0.5) is 0 Å². The predicted octanol–water partition coefficient (Wildman–Crippen LogP) is 3.78. The molecule has 0 saturated heterocycles. The van der Waals surface area contributed by atoms with Gasteiger partial charge in [0.15, 0.2) is 0 Å². The summed E-state index contributed by atoms with van der Waals surface area (Å²) >= 11 is 6.88. The number of halogens is 1. The second-order valence-corrected chi connectivity index (χ2v) is 3.60. The summed E-state index contributed by atoms with van der Waals surface area (Å²) in [4.78, 5) is 10.4. The van der Waals surface area contributed by atoms with Crippen LogP contribution in [0, 0.1) is 6.92 Å². The van der Waals surface area contributed by atoms with E-state index in [0.717, 1.165) is 6.42 Å². The highest BCUT2D eigenvalue weighted by Crippen LogP contribution is 2.15. The highest BCUT2D eigenvalue weighted by Gasteiger charge is 2.01. The molecule has 0 aliphatic heterocycles. The highest BCUT2D eigenvalue weighted by atomic mass is 35.5. The van der Waals surface area contributed by atoms with Crippen LogP contribution in [0.5, 0.6) is 0 Å². The maximum absolute atomic E-state index is 10.4. The van der Waals surface area contributed by atoms with E-state index in [1.807, 2.05) is 20.8 Å². The zero-order valence-corrected chi connectivity index (χ0v) is 9.84. The van der Waals surface area contributed by atoms with Crippen LogP contribution in [0.25, 0.3) is 0 Å². The minimum absolute atomic E-state index is 0.254. The molecule has 1 aromatic heterocycles. The van der Waals surface area contributed by atoms with Crippen LogP contribution in [-0.2, 0) is 11.2 Å². The Bertz CT molecular complexity index is 255. The Morgan fingerprint density at radius 3 is 2.46 bits per heavy atom. The van der Waals surface area contributed by atoms with E-state index in [4.69, 9.17) is 11.6 Å². The van der Waals surface area contributed by atoms with Crippen LogP contribution in [0.15, 0.2) is 10.8 Å². The van der Waals surface area contributed by atoms with Crippen molar-refractivity contribution >= 4 is 28.2 Å². The van der Waals surface area contributed by atoms with E-state index in [-0.39, 0.29) is 5.24 Å². The molecule has 0 radical (unpaired) electrons. The van der Waals surface area contributed by atoms with Crippen molar-refractivity contribution in [3.05, 3.63) is 21.9 Å². The summed E-state index contributed by atoms with van der Waals surface area (Å²) in [6, 6.07) is 0. The number of hydrogen-bond donors (Lipinski definition) is 0. The summed E-state index contributed by atoms with van der Waals surface area (Å²) in [5.74, 6) is 0. The SMILES string of the molecule is CC.Cc1cscc1CCC(=O)Cl. The molecule has 0 aliphatic carbocycles. The molecule has 1 heterocycles. The van der Waals surface area contributed by atoms with Gasteiger partial charge in [-0.25, -0.2) is 0 Å². The third-order valence-corrected chi connectivity index (χ3v) is 2.65. The Labute approximate surface area is 88.7 Å². The molecule has 0 atom stereocenters. The van der Waals surface area contributed by atoms with Gasteiger partial charge in [0.1, 0.15) is 0 Å². The van der Waals surface area contributed by atoms with Gasteiger partial charge in [0.2, 0.25) is 5.24 Å². The van der Waals surface area contributed by atoms with Gasteiger partial charge in [0.05, 0.1) is 0 Å². The first kappa shape index (κ1) is 12.7. The van der Waals surface area contributed by atoms with Crippen LogP contribution in [0.2, 0.25) is 0 Å². The van der Waals surface area contributed by atoms with Gasteiger partial charge < -0.3 is 0 Å². The minimum Gasteiger partial charge on any atom is -0.281 e. The molecule has 1 aromatic rings. The third-order valence-electron chi connectivity index (χ3n) is 1.55. The van der Waals surface area contributed by atoms with E-state index < -0.39 is 0 Å². The topological polar surface area (TPSA) is 17.1 Å². The quantitative estimate of drug-likeness (QED) is 0.706. The fourth-order valence-electron chi connectivity index (χ4n) is 0.876. The number of carbonyl (C=O) groups is 1. The molecule has 0 saturated carbocycles. The molecule has 74 valence electrons. The van der Waals surface area contributed by atoms with Gasteiger partial charge in [-0.15, -0.1) is 0 Å². The van der Waals surface area contributed by atoms with Gasteiger partial charge in [-0.1, -0.05) is 13.8 Å². The standard InChI is InChI=1S/C8H9ClOS.C2H6/c1-6-4-11-5-7(6)2-3-8(9)10;1-2/h4-5H,2-3H2,1H3;1-2H3. The summed E-state index contributed by atoms with van der Waals surface area (Å²) in [6.45, 7) is 6.05. The Balaban J connectivity index is 0.000000671. The number of carbonyl (C=O) groups excluding carboxylic acids is 1. The van der Waals surface area contributed by atoms with Crippen molar-refractivity contribution in [2.75, 3.05) is 0 Å². The summed E-state index contributed by atoms with van der Waals surface area (Å²) in [7, 11) is 0. The van der Waals surface area contributed by atoms with Gasteiger partial charge >= 0.3 is 0 Å². The summed E-state index contributed by atoms with van der Waals surface area (Å²) in [5.41, 5.74) is 2.50. The summed E-state index contributed by atoms with van der Waals surface area (Å²) in [5, 5.41) is 3.89. The molecule has 0 amide bonds. The lowest BCUT2D eigenvalue weighted by atomic mass is 10.1. The number of rotatable bonds is 3. The van der Waals surface area contributed by atoms with Gasteiger partial charge in [-0.2, -0.15) is 11.3 Å². The van der Waals surface area contributed by atoms with Crippen molar-refractivity contribution in [2.24, 2.45) is 0 Å². The van der Waals surface area contributed by atoms with E-state index >= 15 is 0 Å². The van der Waals surface area contributed by atoms with Gasteiger partial charge in [0.25, 0.3) is 0 Å². The van der Waals surface area contributed by atoms with Crippen molar-refractivity contribution in [2.45, 2.75) is 33.6 Å². The van der Waals surface area contributed by atoms with E-state index in [0.29, 0.717) is 6.42 Å². The lowest BCUT2D eigenvalue weighted by Crippen LogP contribution is -1.90. The number of aryl methyl sites for hydroxylation is 2. The van der Waals surface area contributed by atoms with Gasteiger partial charge in [-0.05, 0) is 46.8 Å². The number of hydrogen-bond acceptors (Lipinski definition) is 2. The average Bonchev–Trinajstić information content (AvgIpc) is 2.51. The van der Waals surface area contributed by atoms with E-state index in [9.17, 15) is 4.79 Å². The average molecular weight is 219 g/mol. The molecule has 0 bridgehead atoms. The Hall–Kier alpha value is -0.340. The lowest BCUT2D eigenvalue weighted by molar-refractivity contribution is -0.111. The van der Waals surface area contributed by atoms with Crippen LogP contribution in [0.1, 0.15) is 31.4 Å². The molecule has 0 spiro atoms. The van der Waals surface area contributed by atoms with Gasteiger partial charge in [0, 0.05) is 6.42 Å². The maximum atomic E-state index is 10.4. The van der Waals surface area contributed by atoms with Crippen molar-refractivity contribution in [1.82, 2.24) is 0 Å². The molecular weight excluding hydrogens is 204 g/mol. The Morgan fingerprint density at radius 2 is 2.08 bits per heavy atom. The van der Waals surface area contributed by atoms with E-state index in [1.165, 1.54) is 11.1 Å². The van der Waals surface area contributed by atoms with Gasteiger partial charge in [-0.3, -0.25) is 4.79 Å². The second-order valence-electron chi connectivity index (χ2n) is 2.44. The summed E-state index contributed by atoms with van der Waals surface area (Å²) < 4.78 is 0. The monoisotopic (exact) mass is 218 g/mol. The molecule has 0 N–H and O–H groups in total. The van der Waals surface area contributed by atoms with Crippen LogP contribution >= 0.6 is 22.9 Å². The van der Waals surface area contributed by atoms with Crippen molar-refractivity contribution in [3.8, 4) is 0 Å². The lowest BCUT2D eigenvalue weighted by Gasteiger charge is -1.94. The first-order valence-corrected chi connectivity index (χ1v) is 5.72. The fourth-order valence-corrected chi connectivity index (χ4v) is 1.86. The third kappa shape index (κ3) is 5.06. The maximum Gasteiger partial charge on any atom is 0.221 e. The normalized spacial score (nSPS) is 8.92. The molecular formula is C10H15ClOS. The van der Waals surface area contributed by atoms with Crippen LogP contribution < -0.4 is 0 Å². The van der Waals surface area contributed by atoms with E-state index in [2.05, 4.69) is 10.8 Å². The second kappa shape index (κ2) is 7.10.